The molecule has 0 saturated carbocycles. The lowest BCUT2D eigenvalue weighted by Crippen LogP contribution is -2.45. The second-order valence-corrected chi connectivity index (χ2v) is 10.9. The van der Waals surface area contributed by atoms with Crippen LogP contribution in [0.15, 0.2) is 31.4 Å². The van der Waals surface area contributed by atoms with Crippen molar-refractivity contribution in [1.29, 1.82) is 0 Å². The van der Waals surface area contributed by atoms with Crippen LogP contribution < -0.4 is 10.2 Å². The van der Waals surface area contributed by atoms with E-state index in [0.29, 0.717) is 48.2 Å². The lowest BCUT2D eigenvalue weighted by Gasteiger charge is -2.41. The fraction of sp³-hybridized carbons (Fsp3) is 0.607. The molecule has 3 rings (SSSR count). The number of rotatable bonds is 13. The van der Waals surface area contributed by atoms with Gasteiger partial charge in [0.25, 0.3) is 0 Å². The van der Waals surface area contributed by atoms with Crippen LogP contribution in [0.5, 0.6) is 0 Å². The maximum absolute atomic E-state index is 12.5. The number of hydrogen-bond acceptors (Lipinski definition) is 7. The number of ether oxygens (including phenoxy) is 2. The molecule has 1 atom stereocenters. The minimum Gasteiger partial charge on any atom is -0.479 e. The Morgan fingerprint density at radius 1 is 1.27 bits per heavy atom. The van der Waals surface area contributed by atoms with Crippen molar-refractivity contribution in [3.63, 3.8) is 0 Å². The third kappa shape index (κ3) is 7.32. The van der Waals surface area contributed by atoms with E-state index in [1.807, 2.05) is 39.8 Å². The number of anilines is 2. The molecule has 0 spiro atoms. The molecule has 37 heavy (non-hydrogen) atoms. The van der Waals surface area contributed by atoms with Crippen molar-refractivity contribution < 1.29 is 19.4 Å². The highest BCUT2D eigenvalue weighted by Crippen LogP contribution is 2.37. The van der Waals surface area contributed by atoms with Crippen LogP contribution in [-0.2, 0) is 14.3 Å². The molecule has 1 unspecified atom stereocenters. The quantitative estimate of drug-likeness (QED) is 0.275. The van der Waals surface area contributed by atoms with Crippen LogP contribution in [-0.4, -0.2) is 63.1 Å². The summed E-state index contributed by atoms with van der Waals surface area (Å²) >= 11 is 0. The summed E-state index contributed by atoms with van der Waals surface area (Å²) in [4.78, 5) is 19.5. The van der Waals surface area contributed by atoms with Crippen LogP contribution in [0.1, 0.15) is 77.2 Å². The number of nitrogens with one attached hydrogen (secondary N) is 1. The number of unbranched alkanes of at least 4 members (excludes halogenated alkanes) is 2. The summed E-state index contributed by atoms with van der Waals surface area (Å²) in [6.07, 6.45) is 7.13. The van der Waals surface area contributed by atoms with Crippen LogP contribution >= 0.6 is 0 Å². The molecule has 204 valence electrons. The van der Waals surface area contributed by atoms with Gasteiger partial charge in [-0.1, -0.05) is 12.2 Å². The van der Waals surface area contributed by atoms with Gasteiger partial charge in [0.05, 0.1) is 23.4 Å². The van der Waals surface area contributed by atoms with Gasteiger partial charge in [0.1, 0.15) is 5.82 Å². The van der Waals surface area contributed by atoms with Gasteiger partial charge < -0.3 is 24.8 Å². The monoisotopic (exact) mass is 513 g/mol. The second kappa shape index (κ2) is 12.1. The first-order chi connectivity index (χ1) is 17.5. The lowest BCUT2D eigenvalue weighted by molar-refractivity contribution is -0.160. The third-order valence-corrected chi connectivity index (χ3v) is 6.57. The Morgan fingerprint density at radius 3 is 2.57 bits per heavy atom. The van der Waals surface area contributed by atoms with E-state index in [2.05, 4.69) is 30.3 Å². The predicted molar refractivity (Wildman–Crippen MR) is 147 cm³/mol. The van der Waals surface area contributed by atoms with Gasteiger partial charge in [-0.3, -0.25) is 0 Å². The van der Waals surface area contributed by atoms with Gasteiger partial charge in [0, 0.05) is 31.4 Å². The minimum absolute atomic E-state index is 0.261. The van der Waals surface area contributed by atoms with Gasteiger partial charge in [-0.25, -0.2) is 9.78 Å². The van der Waals surface area contributed by atoms with E-state index in [4.69, 9.17) is 19.6 Å². The fourth-order valence-electron chi connectivity index (χ4n) is 4.62. The largest absolute Gasteiger partial charge is 0.479 e. The summed E-state index contributed by atoms with van der Waals surface area (Å²) in [7, 11) is 0. The summed E-state index contributed by atoms with van der Waals surface area (Å²) in [6, 6.07) is 1.91. The zero-order valence-electron chi connectivity index (χ0n) is 23.0. The molecule has 3 heterocycles. The molecule has 0 radical (unpaired) electrons. The Labute approximate surface area is 220 Å². The van der Waals surface area contributed by atoms with E-state index < -0.39 is 17.7 Å². The highest BCUT2D eigenvalue weighted by molar-refractivity contribution is 5.78. The van der Waals surface area contributed by atoms with Gasteiger partial charge >= 0.3 is 5.97 Å². The van der Waals surface area contributed by atoms with Crippen molar-refractivity contribution in [3.05, 3.63) is 42.6 Å². The fourth-order valence-corrected chi connectivity index (χ4v) is 4.62. The summed E-state index contributed by atoms with van der Waals surface area (Å²) in [5.41, 5.74) is 0.894. The molecule has 0 aliphatic carbocycles. The van der Waals surface area contributed by atoms with E-state index in [0.717, 1.165) is 38.6 Å². The number of piperidine rings is 1. The number of carboxylic acids is 1. The van der Waals surface area contributed by atoms with E-state index in [1.165, 1.54) is 0 Å². The average molecular weight is 514 g/mol. The number of aliphatic carboxylic acids is 1. The minimum atomic E-state index is -1.18. The Morgan fingerprint density at radius 2 is 1.97 bits per heavy atom. The van der Waals surface area contributed by atoms with E-state index >= 15 is 0 Å². The van der Waals surface area contributed by atoms with Crippen LogP contribution in [0.4, 0.5) is 11.6 Å². The number of hydrogen-bond donors (Lipinski definition) is 2. The molecule has 1 fully saturated rings. The number of nitrogens with zero attached hydrogens (tertiary/aromatic N) is 4. The Hall–Kier alpha value is -2.91. The van der Waals surface area contributed by atoms with E-state index in [-0.39, 0.29) is 5.60 Å². The molecule has 1 saturated heterocycles. The first-order valence-electron chi connectivity index (χ1n) is 13.1. The molecule has 2 N–H and O–H groups in total. The van der Waals surface area contributed by atoms with Crippen molar-refractivity contribution >= 4 is 23.3 Å². The van der Waals surface area contributed by atoms with Crippen molar-refractivity contribution in [3.8, 4) is 0 Å². The topological polar surface area (TPSA) is 101 Å². The summed E-state index contributed by atoms with van der Waals surface area (Å²) in [6.45, 7) is 19.7. The van der Waals surface area contributed by atoms with Crippen molar-refractivity contribution in [2.45, 2.75) is 84.0 Å². The Bertz CT molecular complexity index is 1100. The number of aromatic nitrogens is 3. The summed E-state index contributed by atoms with van der Waals surface area (Å²) in [5, 5.41) is 18.4. The van der Waals surface area contributed by atoms with Gasteiger partial charge in [0.15, 0.2) is 17.6 Å². The van der Waals surface area contributed by atoms with E-state index in [9.17, 15) is 9.90 Å². The van der Waals surface area contributed by atoms with Crippen LogP contribution in [0.2, 0.25) is 0 Å². The van der Waals surface area contributed by atoms with Crippen molar-refractivity contribution in [1.82, 2.24) is 14.6 Å². The molecule has 9 heteroatoms. The summed E-state index contributed by atoms with van der Waals surface area (Å²) < 4.78 is 13.9. The zero-order valence-corrected chi connectivity index (χ0v) is 23.0. The molecule has 1 aliphatic rings. The highest BCUT2D eigenvalue weighted by Gasteiger charge is 2.37. The number of carbonyl (C=O) groups is 1. The van der Waals surface area contributed by atoms with Gasteiger partial charge in [-0.2, -0.15) is 4.52 Å². The van der Waals surface area contributed by atoms with Crippen LogP contribution in [0, 0.1) is 6.92 Å². The molecule has 0 aromatic carbocycles. The standard InChI is InChI=1S/C28H43N5O4/c1-8-10-11-12-15-29-21-19-22-30-20(3)23(24(26(34)35)37-27(4,5)6)25(33(22)31-21)32-16-13-28(7,14-17-32)36-18-9-2/h8-9,19,24H,1-2,10-18H2,3-7H3,(H,29,31)(H,34,35). The lowest BCUT2D eigenvalue weighted by atomic mass is 9.92. The van der Waals surface area contributed by atoms with E-state index in [1.54, 1.807) is 10.6 Å². The number of allylic oxidation sites excluding steroid dienone is 1. The molecule has 2 aromatic heterocycles. The second-order valence-electron chi connectivity index (χ2n) is 10.9. The van der Waals surface area contributed by atoms with Crippen LogP contribution in [0.25, 0.3) is 5.65 Å². The SMILES string of the molecule is C=CCCCCNc1cc2nc(C)c(C(OC(C)(C)C)C(=O)O)c(N3CCC(C)(OCC=C)CC3)n2n1. The Kier molecular flexibility index (Phi) is 9.36. The number of carboxylic acid groups (broad SMARTS) is 1. The van der Waals surface area contributed by atoms with Gasteiger partial charge in [-0.05, 0) is 66.7 Å². The predicted octanol–water partition coefficient (Wildman–Crippen LogP) is 5.31. The first-order valence-corrected chi connectivity index (χ1v) is 13.1. The molecule has 2 aromatic rings. The zero-order chi connectivity index (χ0) is 27.2. The maximum Gasteiger partial charge on any atom is 0.337 e. The molecule has 0 amide bonds. The molecule has 9 nitrogen and oxygen atoms in total. The summed E-state index contributed by atoms with van der Waals surface area (Å²) in [5.74, 6) is 0.373. The number of aryl methyl sites for hydroxylation is 1. The molecular formula is C28H43N5O4. The molecular weight excluding hydrogens is 470 g/mol. The first kappa shape index (κ1) is 28.7. The van der Waals surface area contributed by atoms with Crippen molar-refractivity contribution in [2.75, 3.05) is 36.5 Å². The van der Waals surface area contributed by atoms with Crippen LogP contribution in [0.3, 0.4) is 0 Å². The normalized spacial score (nSPS) is 16.5. The van der Waals surface area contributed by atoms with Gasteiger partial charge in [0.2, 0.25) is 0 Å². The van der Waals surface area contributed by atoms with Gasteiger partial charge in [-0.15, -0.1) is 18.3 Å². The third-order valence-electron chi connectivity index (χ3n) is 6.57. The number of fused-ring (bicyclic) bond motifs is 1. The van der Waals surface area contributed by atoms with Crippen molar-refractivity contribution in [2.24, 2.45) is 0 Å². The maximum atomic E-state index is 12.5. The highest BCUT2D eigenvalue weighted by atomic mass is 16.5. The molecule has 1 aliphatic heterocycles. The average Bonchev–Trinajstić information content (AvgIpc) is 3.22. The Balaban J connectivity index is 2.04. The smallest absolute Gasteiger partial charge is 0.337 e. The molecule has 0 bridgehead atoms.